The van der Waals surface area contributed by atoms with Gasteiger partial charge >= 0.3 is 0 Å². The molecule has 0 aliphatic rings. The minimum atomic E-state index is -0.234. The molecule has 0 saturated heterocycles. The van der Waals surface area contributed by atoms with Crippen LogP contribution in [-0.2, 0) is 11.3 Å². The molecule has 2 aromatic carbocycles. The Balaban J connectivity index is 1.39. The maximum Gasteiger partial charge on any atom is 0.276 e. The van der Waals surface area contributed by atoms with Gasteiger partial charge in [-0.25, -0.2) is 4.52 Å². The van der Waals surface area contributed by atoms with Crippen LogP contribution >= 0.6 is 0 Å². The molecule has 32 heavy (non-hydrogen) atoms. The molecular formula is C25H26N4O3. The first-order valence-corrected chi connectivity index (χ1v) is 10.5. The first kappa shape index (κ1) is 21.4. The minimum Gasteiger partial charge on any atom is -0.484 e. The van der Waals surface area contributed by atoms with Crippen molar-refractivity contribution in [2.45, 2.75) is 27.3 Å². The molecule has 0 fully saturated rings. The molecule has 7 heteroatoms. The fraction of sp³-hybridized carbons (Fsp3) is 0.240. The summed E-state index contributed by atoms with van der Waals surface area (Å²) in [5, 5.41) is 7.33. The van der Waals surface area contributed by atoms with Crippen LogP contribution in [0.4, 0.5) is 0 Å². The minimum absolute atomic E-state index is 0.0701. The Kier molecular flexibility index (Phi) is 6.07. The highest BCUT2D eigenvalue weighted by molar-refractivity contribution is 5.77. The molecule has 0 atom stereocenters. The summed E-state index contributed by atoms with van der Waals surface area (Å²) in [6, 6.07) is 15.5. The van der Waals surface area contributed by atoms with Gasteiger partial charge in [-0.15, -0.1) is 0 Å². The van der Waals surface area contributed by atoms with Gasteiger partial charge in [-0.05, 0) is 61.7 Å². The smallest absolute Gasteiger partial charge is 0.276 e. The maximum absolute atomic E-state index is 12.9. The van der Waals surface area contributed by atoms with Crippen LogP contribution in [0.3, 0.4) is 0 Å². The van der Waals surface area contributed by atoms with Crippen LogP contribution < -0.4 is 15.6 Å². The van der Waals surface area contributed by atoms with E-state index < -0.39 is 0 Å². The van der Waals surface area contributed by atoms with Crippen LogP contribution in [0.15, 0.2) is 65.7 Å². The lowest BCUT2D eigenvalue weighted by atomic mass is 10.0. The number of nitrogens with zero attached hydrogens (tertiary/aromatic N) is 3. The highest BCUT2D eigenvalue weighted by atomic mass is 16.5. The van der Waals surface area contributed by atoms with Crippen LogP contribution in [-0.4, -0.2) is 33.2 Å². The molecule has 0 spiro atoms. The second-order valence-corrected chi connectivity index (χ2v) is 7.91. The van der Waals surface area contributed by atoms with Crippen LogP contribution in [0.25, 0.3) is 16.8 Å². The molecule has 0 aliphatic heterocycles. The number of ether oxygens (including phenoxy) is 1. The van der Waals surface area contributed by atoms with Gasteiger partial charge in [0.05, 0.1) is 5.69 Å². The predicted octanol–water partition coefficient (Wildman–Crippen LogP) is 3.28. The molecule has 1 N–H and O–H groups in total. The third kappa shape index (κ3) is 4.72. The Morgan fingerprint density at radius 1 is 1.03 bits per heavy atom. The van der Waals surface area contributed by atoms with E-state index in [0.29, 0.717) is 24.4 Å². The number of nitrogens with one attached hydrogen (secondary N) is 1. The van der Waals surface area contributed by atoms with Crippen molar-refractivity contribution in [2.24, 2.45) is 0 Å². The number of carbonyl (C=O) groups excluding carboxylic acids is 1. The van der Waals surface area contributed by atoms with Gasteiger partial charge in [0.2, 0.25) is 0 Å². The van der Waals surface area contributed by atoms with E-state index in [4.69, 9.17) is 4.74 Å². The summed E-state index contributed by atoms with van der Waals surface area (Å²) in [5.74, 6) is 0.421. The first-order valence-electron chi connectivity index (χ1n) is 10.5. The maximum atomic E-state index is 12.9. The average Bonchev–Trinajstić information content (AvgIpc) is 3.21. The molecule has 0 aliphatic carbocycles. The van der Waals surface area contributed by atoms with Gasteiger partial charge in [0, 0.05) is 31.0 Å². The summed E-state index contributed by atoms with van der Waals surface area (Å²) in [6.45, 7) is 6.70. The number of aromatic nitrogens is 3. The normalized spacial score (nSPS) is 11.0. The van der Waals surface area contributed by atoms with Crippen molar-refractivity contribution in [3.63, 3.8) is 0 Å². The standard InChI is InChI=1S/C25H26N4O3/c1-17-5-4-6-21(13-17)32-16-24(30)26-9-10-28-11-12-29-23(25(28)31)15-22(27-29)20-8-7-18(2)19(3)14-20/h4-8,11-15H,9-10,16H2,1-3H3,(H,26,30). The van der Waals surface area contributed by atoms with Crippen LogP contribution in [0, 0.1) is 20.8 Å². The molecule has 2 heterocycles. The second-order valence-electron chi connectivity index (χ2n) is 7.91. The van der Waals surface area contributed by atoms with Crippen LogP contribution in [0.5, 0.6) is 5.75 Å². The lowest BCUT2D eigenvalue weighted by Crippen LogP contribution is -2.33. The summed E-state index contributed by atoms with van der Waals surface area (Å²) < 4.78 is 8.67. The molecule has 0 radical (unpaired) electrons. The highest BCUT2D eigenvalue weighted by Gasteiger charge is 2.10. The zero-order chi connectivity index (χ0) is 22.7. The molecule has 2 aromatic heterocycles. The van der Waals surface area contributed by atoms with Gasteiger partial charge in [0.1, 0.15) is 11.3 Å². The monoisotopic (exact) mass is 430 g/mol. The number of fused-ring (bicyclic) bond motifs is 1. The van der Waals surface area contributed by atoms with Gasteiger partial charge in [-0.1, -0.05) is 24.3 Å². The quantitative estimate of drug-likeness (QED) is 0.488. The van der Waals surface area contributed by atoms with E-state index in [2.05, 4.69) is 36.4 Å². The van der Waals surface area contributed by atoms with Gasteiger partial charge in [0.15, 0.2) is 6.61 Å². The van der Waals surface area contributed by atoms with Crippen molar-refractivity contribution >= 4 is 11.4 Å². The summed E-state index contributed by atoms with van der Waals surface area (Å²) in [4.78, 5) is 24.9. The summed E-state index contributed by atoms with van der Waals surface area (Å²) >= 11 is 0. The van der Waals surface area contributed by atoms with Crippen molar-refractivity contribution in [3.05, 3.63) is 88.0 Å². The lowest BCUT2D eigenvalue weighted by molar-refractivity contribution is -0.123. The molecule has 4 rings (SSSR count). The number of hydrogen-bond acceptors (Lipinski definition) is 4. The Morgan fingerprint density at radius 3 is 2.66 bits per heavy atom. The Labute approximate surface area is 186 Å². The molecule has 0 saturated carbocycles. The van der Waals surface area contributed by atoms with E-state index in [1.807, 2.05) is 37.3 Å². The van der Waals surface area contributed by atoms with Crippen LogP contribution in [0.2, 0.25) is 0 Å². The Bertz CT molecular complexity index is 1340. The number of benzene rings is 2. The largest absolute Gasteiger partial charge is 0.484 e. The average molecular weight is 431 g/mol. The zero-order valence-electron chi connectivity index (χ0n) is 18.5. The molecule has 4 aromatic rings. The Morgan fingerprint density at radius 2 is 1.88 bits per heavy atom. The van der Waals surface area contributed by atoms with E-state index in [-0.39, 0.29) is 18.1 Å². The van der Waals surface area contributed by atoms with Gasteiger partial charge in [-0.3, -0.25) is 9.59 Å². The van der Waals surface area contributed by atoms with Gasteiger partial charge in [-0.2, -0.15) is 5.10 Å². The van der Waals surface area contributed by atoms with E-state index in [1.165, 1.54) is 11.1 Å². The van der Waals surface area contributed by atoms with Gasteiger partial charge < -0.3 is 14.6 Å². The number of aryl methyl sites for hydroxylation is 3. The molecule has 7 nitrogen and oxygen atoms in total. The molecule has 1 amide bonds. The van der Waals surface area contributed by atoms with Crippen molar-refractivity contribution in [1.29, 1.82) is 0 Å². The lowest BCUT2D eigenvalue weighted by Gasteiger charge is -2.09. The van der Waals surface area contributed by atoms with E-state index in [0.717, 1.165) is 16.8 Å². The summed E-state index contributed by atoms with van der Waals surface area (Å²) in [7, 11) is 0. The summed E-state index contributed by atoms with van der Waals surface area (Å²) in [6.07, 6.45) is 3.44. The van der Waals surface area contributed by atoms with E-state index in [1.54, 1.807) is 27.5 Å². The number of hydrogen-bond donors (Lipinski definition) is 1. The van der Waals surface area contributed by atoms with Crippen molar-refractivity contribution in [1.82, 2.24) is 19.5 Å². The third-order valence-corrected chi connectivity index (χ3v) is 5.44. The molecule has 0 unspecified atom stereocenters. The topological polar surface area (TPSA) is 77.6 Å². The van der Waals surface area contributed by atoms with Crippen molar-refractivity contribution in [2.75, 3.05) is 13.2 Å². The number of rotatable bonds is 7. The Hall–Kier alpha value is -3.87. The second kappa shape index (κ2) is 9.09. The van der Waals surface area contributed by atoms with Crippen LogP contribution in [0.1, 0.15) is 16.7 Å². The van der Waals surface area contributed by atoms with Crippen molar-refractivity contribution < 1.29 is 9.53 Å². The molecular weight excluding hydrogens is 404 g/mol. The zero-order valence-corrected chi connectivity index (χ0v) is 18.5. The predicted molar refractivity (Wildman–Crippen MR) is 124 cm³/mol. The highest BCUT2D eigenvalue weighted by Crippen LogP contribution is 2.21. The molecule has 0 bridgehead atoms. The fourth-order valence-corrected chi connectivity index (χ4v) is 3.46. The summed E-state index contributed by atoms with van der Waals surface area (Å²) in [5.41, 5.74) is 5.53. The van der Waals surface area contributed by atoms with Gasteiger partial charge in [0.25, 0.3) is 11.5 Å². The van der Waals surface area contributed by atoms with E-state index in [9.17, 15) is 9.59 Å². The number of amides is 1. The van der Waals surface area contributed by atoms with E-state index >= 15 is 0 Å². The third-order valence-electron chi connectivity index (χ3n) is 5.44. The fourth-order valence-electron chi connectivity index (χ4n) is 3.46. The molecule has 164 valence electrons. The van der Waals surface area contributed by atoms with Crippen molar-refractivity contribution in [3.8, 4) is 17.0 Å². The number of carbonyl (C=O) groups is 1. The first-order chi connectivity index (χ1) is 15.4. The SMILES string of the molecule is Cc1cccc(OCC(=O)NCCn2ccn3nc(-c4ccc(C)c(C)c4)cc3c2=O)c1.